The largest absolute Gasteiger partial charge is 0.496 e. The van der Waals surface area contributed by atoms with Gasteiger partial charge in [-0.2, -0.15) is 8.78 Å². The van der Waals surface area contributed by atoms with Crippen molar-refractivity contribution in [2.75, 3.05) is 26.8 Å². The molecule has 37 heavy (non-hydrogen) atoms. The lowest BCUT2D eigenvalue weighted by Gasteiger charge is -2.34. The molecule has 3 heterocycles. The summed E-state index contributed by atoms with van der Waals surface area (Å²) in [6.45, 7) is 1.86. The maximum absolute atomic E-state index is 13.3. The molecule has 2 fully saturated rings. The van der Waals surface area contributed by atoms with Crippen LogP contribution < -0.4 is 14.2 Å². The minimum Gasteiger partial charge on any atom is -0.496 e. The van der Waals surface area contributed by atoms with Gasteiger partial charge in [0.2, 0.25) is 0 Å². The van der Waals surface area contributed by atoms with Crippen molar-refractivity contribution in [3.05, 3.63) is 42.2 Å². The first-order valence-electron chi connectivity index (χ1n) is 13.0. The first-order chi connectivity index (χ1) is 18.0. The normalized spacial score (nSPS) is 18.4. The van der Waals surface area contributed by atoms with Crippen LogP contribution in [-0.2, 0) is 0 Å². The number of fused-ring (bicyclic) bond motifs is 1. The van der Waals surface area contributed by atoms with Crippen LogP contribution >= 0.6 is 0 Å². The van der Waals surface area contributed by atoms with Gasteiger partial charge >= 0.3 is 6.61 Å². The number of ketones is 1. The van der Waals surface area contributed by atoms with Crippen LogP contribution in [0.4, 0.5) is 8.78 Å². The van der Waals surface area contributed by atoms with Crippen LogP contribution in [0.15, 0.2) is 36.7 Å². The predicted octanol–water partition coefficient (Wildman–Crippen LogP) is 5.85. The summed E-state index contributed by atoms with van der Waals surface area (Å²) in [5.74, 6) is 0.807. The summed E-state index contributed by atoms with van der Waals surface area (Å²) >= 11 is 0. The van der Waals surface area contributed by atoms with Crippen LogP contribution in [0, 0.1) is 5.92 Å². The molecule has 0 amide bonds. The van der Waals surface area contributed by atoms with E-state index in [0.29, 0.717) is 41.9 Å². The molecule has 1 unspecified atom stereocenters. The fourth-order valence-electron chi connectivity index (χ4n) is 5.17. The number of likely N-dealkylation sites (N-methyl/N-ethyl adjacent to an activating group) is 1. The summed E-state index contributed by atoms with van der Waals surface area (Å²) in [6, 6.07) is 7.29. The molecule has 1 aromatic carbocycles. The number of ether oxygens (including phenoxy) is 3. The van der Waals surface area contributed by atoms with Gasteiger partial charge < -0.3 is 14.2 Å². The van der Waals surface area contributed by atoms with E-state index in [2.05, 4.69) is 16.8 Å². The molecule has 1 saturated heterocycles. The fourth-order valence-corrected chi connectivity index (χ4v) is 5.17. The maximum atomic E-state index is 13.3. The van der Waals surface area contributed by atoms with Crippen molar-refractivity contribution < 1.29 is 27.8 Å². The Bertz CT molecular complexity index is 1260. The minimum atomic E-state index is -3.07. The van der Waals surface area contributed by atoms with Crippen LogP contribution in [-0.4, -0.2) is 59.5 Å². The number of rotatable bonds is 11. The minimum absolute atomic E-state index is 0.0618. The number of methoxy groups -OCH3 is 1. The number of alkyl halides is 2. The molecule has 1 saturated carbocycles. The Labute approximate surface area is 215 Å². The zero-order valence-electron chi connectivity index (χ0n) is 21.3. The molecule has 0 N–H and O–H groups in total. The van der Waals surface area contributed by atoms with Crippen molar-refractivity contribution in [3.8, 4) is 28.5 Å². The maximum Gasteiger partial charge on any atom is 0.387 e. The lowest BCUT2D eigenvalue weighted by atomic mass is 10.00. The molecular weight excluding hydrogens is 480 g/mol. The Morgan fingerprint density at radius 3 is 2.70 bits per heavy atom. The molecule has 1 aliphatic heterocycles. The summed E-state index contributed by atoms with van der Waals surface area (Å²) in [6.07, 6.45) is 9.34. The Kier molecular flexibility index (Phi) is 7.60. The first kappa shape index (κ1) is 25.4. The van der Waals surface area contributed by atoms with Gasteiger partial charge in [-0.1, -0.05) is 13.3 Å². The molecule has 7 nitrogen and oxygen atoms in total. The summed E-state index contributed by atoms with van der Waals surface area (Å²) in [5.41, 5.74) is 1.93. The molecule has 198 valence electrons. The average molecular weight is 514 g/mol. The predicted molar refractivity (Wildman–Crippen MR) is 136 cm³/mol. The SMILES string of the molecule is CCN1CCCCC1COc1ccn2c(-c3cc(OC)c(C(=O)CC4CC4)c(OC(F)F)c3)cnc2c1. The highest BCUT2D eigenvalue weighted by atomic mass is 19.3. The van der Waals surface area contributed by atoms with Gasteiger partial charge in [0.05, 0.1) is 19.0 Å². The first-order valence-corrected chi connectivity index (χ1v) is 13.0. The second-order valence-corrected chi connectivity index (χ2v) is 9.82. The number of hydrogen-bond acceptors (Lipinski definition) is 6. The van der Waals surface area contributed by atoms with E-state index in [-0.39, 0.29) is 22.8 Å². The van der Waals surface area contributed by atoms with Crippen molar-refractivity contribution >= 4 is 11.4 Å². The van der Waals surface area contributed by atoms with Crippen LogP contribution in [0.5, 0.6) is 17.2 Å². The standard InChI is InChI=1S/C28H33F2N3O4/c1-3-32-10-5-4-6-20(32)17-36-21-9-11-33-22(16-31-26(33)15-21)19-13-24(35-2)27(23(34)12-18-7-8-18)25(14-19)37-28(29)30/h9,11,13-16,18,20,28H,3-8,10,12,17H2,1-2H3. The van der Waals surface area contributed by atoms with Gasteiger partial charge in [-0.05, 0) is 62.9 Å². The monoisotopic (exact) mass is 513 g/mol. The van der Waals surface area contributed by atoms with Crippen LogP contribution in [0.3, 0.4) is 0 Å². The van der Waals surface area contributed by atoms with Crippen LogP contribution in [0.25, 0.3) is 16.9 Å². The van der Waals surface area contributed by atoms with E-state index < -0.39 is 6.61 Å². The van der Waals surface area contributed by atoms with Gasteiger partial charge in [-0.25, -0.2) is 4.98 Å². The molecule has 0 bridgehead atoms. The number of pyridine rings is 1. The van der Waals surface area contributed by atoms with E-state index in [0.717, 1.165) is 38.1 Å². The van der Waals surface area contributed by atoms with Crippen molar-refractivity contribution in [2.45, 2.75) is 58.1 Å². The highest BCUT2D eigenvalue weighted by Gasteiger charge is 2.30. The fraction of sp³-hybridized carbons (Fsp3) is 0.500. The Morgan fingerprint density at radius 1 is 1.16 bits per heavy atom. The van der Waals surface area contributed by atoms with Gasteiger partial charge in [0.25, 0.3) is 0 Å². The second kappa shape index (κ2) is 11.0. The van der Waals surface area contributed by atoms with E-state index >= 15 is 0 Å². The number of hydrogen-bond donors (Lipinski definition) is 0. The summed E-state index contributed by atoms with van der Waals surface area (Å²) in [4.78, 5) is 19.9. The smallest absolute Gasteiger partial charge is 0.387 e. The Hall–Kier alpha value is -3.20. The number of benzene rings is 1. The summed E-state index contributed by atoms with van der Waals surface area (Å²) in [7, 11) is 1.42. The number of likely N-dealkylation sites (tertiary alicyclic amines) is 1. The van der Waals surface area contributed by atoms with Crippen LogP contribution in [0.2, 0.25) is 0 Å². The number of aromatic nitrogens is 2. The van der Waals surface area contributed by atoms with Crippen molar-refractivity contribution in [1.82, 2.24) is 14.3 Å². The molecule has 5 rings (SSSR count). The zero-order chi connectivity index (χ0) is 25.9. The third-order valence-electron chi connectivity index (χ3n) is 7.33. The number of imidazole rings is 1. The zero-order valence-corrected chi connectivity index (χ0v) is 21.3. The number of carbonyl (C=O) groups excluding carboxylic acids is 1. The summed E-state index contributed by atoms with van der Waals surface area (Å²) < 4.78 is 44.8. The quantitative estimate of drug-likeness (QED) is 0.300. The summed E-state index contributed by atoms with van der Waals surface area (Å²) in [5, 5.41) is 0. The lowest BCUT2D eigenvalue weighted by Crippen LogP contribution is -2.42. The lowest BCUT2D eigenvalue weighted by molar-refractivity contribution is -0.0502. The number of Topliss-reactive ketones (excluding diaryl/α,β-unsaturated/α-hetero) is 1. The molecule has 9 heteroatoms. The third-order valence-corrected chi connectivity index (χ3v) is 7.33. The topological polar surface area (TPSA) is 65.3 Å². The highest BCUT2D eigenvalue weighted by Crippen LogP contribution is 2.40. The number of nitrogens with zero attached hydrogens (tertiary/aromatic N) is 3. The third kappa shape index (κ3) is 5.71. The van der Waals surface area contributed by atoms with Crippen molar-refractivity contribution in [2.24, 2.45) is 5.92 Å². The molecule has 1 atom stereocenters. The van der Waals surface area contributed by atoms with Gasteiger partial charge in [0.15, 0.2) is 5.78 Å². The van der Waals surface area contributed by atoms with Gasteiger partial charge in [-0.3, -0.25) is 14.1 Å². The van der Waals surface area contributed by atoms with Crippen LogP contribution in [0.1, 0.15) is 55.8 Å². The van der Waals surface area contributed by atoms with E-state index in [1.54, 1.807) is 12.3 Å². The van der Waals surface area contributed by atoms with Crippen molar-refractivity contribution in [3.63, 3.8) is 0 Å². The number of piperidine rings is 1. The Morgan fingerprint density at radius 2 is 1.97 bits per heavy atom. The average Bonchev–Trinajstić information content (AvgIpc) is 3.61. The molecule has 2 aliphatic rings. The van der Waals surface area contributed by atoms with E-state index in [4.69, 9.17) is 14.2 Å². The molecular formula is C28H33F2N3O4. The van der Waals surface area contributed by atoms with E-state index in [9.17, 15) is 13.6 Å². The molecule has 0 radical (unpaired) electrons. The van der Waals surface area contributed by atoms with Gasteiger partial charge in [0, 0.05) is 30.3 Å². The van der Waals surface area contributed by atoms with E-state index in [1.807, 2.05) is 22.7 Å². The molecule has 2 aromatic heterocycles. The van der Waals surface area contributed by atoms with Gasteiger partial charge in [0.1, 0.15) is 35.1 Å². The number of carbonyl (C=O) groups is 1. The second-order valence-electron chi connectivity index (χ2n) is 9.82. The van der Waals surface area contributed by atoms with Crippen molar-refractivity contribution in [1.29, 1.82) is 0 Å². The van der Waals surface area contributed by atoms with E-state index in [1.165, 1.54) is 26.0 Å². The molecule has 1 aliphatic carbocycles. The highest BCUT2D eigenvalue weighted by molar-refractivity contribution is 6.02. The molecule has 0 spiro atoms. The van der Waals surface area contributed by atoms with Gasteiger partial charge in [-0.15, -0.1) is 0 Å². The molecule has 3 aromatic rings. The Balaban J connectivity index is 1.42. The number of halogens is 2.